The van der Waals surface area contributed by atoms with Crippen molar-refractivity contribution in [1.29, 1.82) is 0 Å². The van der Waals surface area contributed by atoms with Gasteiger partial charge in [-0.1, -0.05) is 0 Å². The van der Waals surface area contributed by atoms with Gasteiger partial charge >= 0.3 is 0 Å². The number of rotatable bonds is 8. The van der Waals surface area contributed by atoms with Gasteiger partial charge in [0.15, 0.2) is 0 Å². The van der Waals surface area contributed by atoms with Crippen molar-refractivity contribution in [2.75, 3.05) is 20.1 Å². The monoisotopic (exact) mass is 252 g/mol. The third-order valence-corrected chi connectivity index (χ3v) is 3.24. The Balaban J connectivity index is 2.14. The number of nitrogens with one attached hydrogen (secondary N) is 1. The van der Waals surface area contributed by atoms with Crippen LogP contribution in [0.3, 0.4) is 0 Å². The highest BCUT2D eigenvalue weighted by Crippen LogP contribution is 2.03. The summed E-state index contributed by atoms with van der Waals surface area (Å²) in [5, 5.41) is 7.96. The van der Waals surface area contributed by atoms with E-state index in [-0.39, 0.29) is 0 Å². The third kappa shape index (κ3) is 5.19. The number of hydrogen-bond acceptors (Lipinski definition) is 3. The second kappa shape index (κ2) is 7.54. The third-order valence-electron chi connectivity index (χ3n) is 3.24. The van der Waals surface area contributed by atoms with Gasteiger partial charge < -0.3 is 10.2 Å². The molecule has 0 unspecified atom stereocenters. The van der Waals surface area contributed by atoms with Gasteiger partial charge in [0.25, 0.3) is 0 Å². The highest BCUT2D eigenvalue weighted by atomic mass is 15.3. The summed E-state index contributed by atoms with van der Waals surface area (Å²) in [4.78, 5) is 2.37. The molecule has 0 amide bonds. The number of hydrogen-bond donors (Lipinski definition) is 1. The molecule has 0 saturated heterocycles. The first-order valence-corrected chi connectivity index (χ1v) is 6.95. The maximum absolute atomic E-state index is 4.51. The summed E-state index contributed by atoms with van der Waals surface area (Å²) in [5.74, 6) is 0. The van der Waals surface area contributed by atoms with E-state index in [1.54, 1.807) is 0 Å². The van der Waals surface area contributed by atoms with E-state index in [1.165, 1.54) is 6.42 Å². The molecule has 0 bridgehead atoms. The minimum absolute atomic E-state index is 0.443. The number of nitrogens with zero attached hydrogens (tertiary/aromatic N) is 3. The fourth-order valence-corrected chi connectivity index (χ4v) is 1.69. The second-order valence-corrected chi connectivity index (χ2v) is 5.49. The average molecular weight is 252 g/mol. The van der Waals surface area contributed by atoms with Crippen LogP contribution in [0.1, 0.15) is 45.9 Å². The maximum Gasteiger partial charge on any atom is 0.0762 e. The fourth-order valence-electron chi connectivity index (χ4n) is 1.69. The average Bonchev–Trinajstić information content (AvgIpc) is 2.77. The lowest BCUT2D eigenvalue weighted by molar-refractivity contribution is 0.269. The molecule has 4 nitrogen and oxygen atoms in total. The molecule has 0 aliphatic rings. The number of aromatic nitrogens is 2. The maximum atomic E-state index is 4.51. The van der Waals surface area contributed by atoms with Gasteiger partial charge in [0.05, 0.1) is 5.69 Å². The highest BCUT2D eigenvalue weighted by Gasteiger charge is 2.03. The van der Waals surface area contributed by atoms with Crippen molar-refractivity contribution < 1.29 is 0 Å². The van der Waals surface area contributed by atoms with Crippen LogP contribution in [0, 0.1) is 0 Å². The normalized spacial score (nSPS) is 12.0. The van der Waals surface area contributed by atoms with Gasteiger partial charge in [-0.3, -0.25) is 4.68 Å². The van der Waals surface area contributed by atoms with Crippen LogP contribution in [-0.2, 0) is 6.54 Å². The Kier molecular flexibility index (Phi) is 6.36. The Bertz CT molecular complexity index is 330. The molecule has 0 radical (unpaired) electrons. The van der Waals surface area contributed by atoms with Gasteiger partial charge in [-0.2, -0.15) is 5.10 Å². The summed E-state index contributed by atoms with van der Waals surface area (Å²) in [6.07, 6.45) is 3.23. The van der Waals surface area contributed by atoms with Crippen LogP contribution >= 0.6 is 0 Å². The Morgan fingerprint density at radius 2 is 2.06 bits per heavy atom. The highest BCUT2D eigenvalue weighted by molar-refractivity contribution is 4.98. The molecule has 0 atom stereocenters. The molecule has 0 aliphatic heterocycles. The van der Waals surface area contributed by atoms with E-state index in [0.717, 1.165) is 25.3 Å². The predicted molar refractivity (Wildman–Crippen MR) is 76.7 cm³/mol. The van der Waals surface area contributed by atoms with Crippen molar-refractivity contribution in [3.8, 4) is 0 Å². The molecular weight excluding hydrogens is 224 g/mol. The summed E-state index contributed by atoms with van der Waals surface area (Å²) in [6, 6.07) is 3.16. The van der Waals surface area contributed by atoms with Crippen LogP contribution in [0.4, 0.5) is 0 Å². The van der Waals surface area contributed by atoms with Crippen LogP contribution in [0.5, 0.6) is 0 Å². The topological polar surface area (TPSA) is 33.1 Å². The molecule has 0 saturated carbocycles. The van der Waals surface area contributed by atoms with Crippen LogP contribution < -0.4 is 5.32 Å². The molecule has 18 heavy (non-hydrogen) atoms. The molecular formula is C14H28N4. The smallest absolute Gasteiger partial charge is 0.0762 e. The summed E-state index contributed by atoms with van der Waals surface area (Å²) < 4.78 is 2.00. The van der Waals surface area contributed by atoms with E-state index < -0.39 is 0 Å². The molecule has 104 valence electrons. The zero-order chi connectivity index (χ0) is 13.5. The molecule has 0 aromatic carbocycles. The van der Waals surface area contributed by atoms with Crippen molar-refractivity contribution in [2.45, 2.75) is 52.7 Å². The molecule has 0 fully saturated rings. The fraction of sp³-hybridized carbons (Fsp3) is 0.786. The lowest BCUT2D eigenvalue weighted by atomic mass is 10.3. The van der Waals surface area contributed by atoms with Crippen molar-refractivity contribution in [2.24, 2.45) is 0 Å². The van der Waals surface area contributed by atoms with E-state index in [1.807, 2.05) is 10.9 Å². The zero-order valence-electron chi connectivity index (χ0n) is 12.5. The Morgan fingerprint density at radius 1 is 1.33 bits per heavy atom. The summed E-state index contributed by atoms with van der Waals surface area (Å²) in [6.45, 7) is 11.8. The first-order valence-electron chi connectivity index (χ1n) is 6.95. The molecule has 0 spiro atoms. The molecule has 1 aromatic rings. The Hall–Kier alpha value is -0.870. The molecule has 1 heterocycles. The Morgan fingerprint density at radius 3 is 2.61 bits per heavy atom. The van der Waals surface area contributed by atoms with Crippen molar-refractivity contribution in [3.63, 3.8) is 0 Å². The molecule has 1 aromatic heterocycles. The van der Waals surface area contributed by atoms with Crippen LogP contribution in [0.15, 0.2) is 12.3 Å². The minimum atomic E-state index is 0.443. The van der Waals surface area contributed by atoms with E-state index in [9.17, 15) is 0 Å². The SMILES string of the molecule is CC(C)N(C)CCCNCc1ccn(C(C)C)n1. The van der Waals surface area contributed by atoms with Crippen molar-refractivity contribution in [3.05, 3.63) is 18.0 Å². The van der Waals surface area contributed by atoms with Gasteiger partial charge in [0.2, 0.25) is 0 Å². The lowest BCUT2D eigenvalue weighted by Gasteiger charge is -2.20. The van der Waals surface area contributed by atoms with E-state index in [2.05, 4.69) is 56.1 Å². The van der Waals surface area contributed by atoms with E-state index >= 15 is 0 Å². The zero-order valence-corrected chi connectivity index (χ0v) is 12.5. The van der Waals surface area contributed by atoms with Crippen molar-refractivity contribution in [1.82, 2.24) is 20.0 Å². The molecule has 4 heteroatoms. The first kappa shape index (κ1) is 15.2. The van der Waals surface area contributed by atoms with Crippen LogP contribution in [0.25, 0.3) is 0 Å². The summed E-state index contributed by atoms with van der Waals surface area (Å²) in [7, 11) is 2.18. The van der Waals surface area contributed by atoms with Crippen LogP contribution in [0.2, 0.25) is 0 Å². The Labute approximate surface area is 111 Å². The van der Waals surface area contributed by atoms with Crippen molar-refractivity contribution >= 4 is 0 Å². The molecule has 0 aliphatic carbocycles. The first-order chi connectivity index (χ1) is 8.50. The molecule has 1 rings (SSSR count). The van der Waals surface area contributed by atoms with Gasteiger partial charge in [-0.15, -0.1) is 0 Å². The standard InChI is InChI=1S/C14H28N4/c1-12(2)17(5)9-6-8-15-11-14-7-10-18(16-14)13(3)4/h7,10,12-13,15H,6,8-9,11H2,1-5H3. The minimum Gasteiger partial charge on any atom is -0.311 e. The lowest BCUT2D eigenvalue weighted by Crippen LogP contribution is -2.29. The van der Waals surface area contributed by atoms with Gasteiger partial charge in [0, 0.05) is 24.8 Å². The van der Waals surface area contributed by atoms with E-state index in [4.69, 9.17) is 0 Å². The predicted octanol–water partition coefficient (Wildman–Crippen LogP) is 2.28. The summed E-state index contributed by atoms with van der Waals surface area (Å²) >= 11 is 0. The largest absolute Gasteiger partial charge is 0.311 e. The quantitative estimate of drug-likeness (QED) is 0.721. The second-order valence-electron chi connectivity index (χ2n) is 5.49. The van der Waals surface area contributed by atoms with Gasteiger partial charge in [-0.05, 0) is 60.3 Å². The van der Waals surface area contributed by atoms with Gasteiger partial charge in [-0.25, -0.2) is 0 Å². The van der Waals surface area contributed by atoms with Crippen LogP contribution in [-0.4, -0.2) is 40.9 Å². The summed E-state index contributed by atoms with van der Waals surface area (Å²) in [5.41, 5.74) is 1.13. The van der Waals surface area contributed by atoms with E-state index in [0.29, 0.717) is 12.1 Å². The molecule has 1 N–H and O–H groups in total. The van der Waals surface area contributed by atoms with Gasteiger partial charge in [0.1, 0.15) is 0 Å².